The summed E-state index contributed by atoms with van der Waals surface area (Å²) in [5.41, 5.74) is 4.54. The molecule has 5 heteroatoms. The largest absolute Gasteiger partial charge is 0.480 e. The van der Waals surface area contributed by atoms with Crippen molar-refractivity contribution in [3.63, 3.8) is 0 Å². The van der Waals surface area contributed by atoms with E-state index in [2.05, 4.69) is 17.4 Å². The standard InChI is InChI=1S/C17H15NO4/c19-16(20)9-18-17(21)22-10-15-13-7-3-1-5-11(13)12-6-2-4-8-14(12)15/h1-8,15H,9-10H2,(H,18,21)(H,19,20)/i18+1. The van der Waals surface area contributed by atoms with E-state index in [9.17, 15) is 9.59 Å². The highest BCUT2D eigenvalue weighted by atomic mass is 16.6. The Bertz CT molecular complexity index is 681. The van der Waals surface area contributed by atoms with E-state index in [1.54, 1.807) is 0 Å². The molecule has 2 aromatic rings. The number of benzene rings is 2. The van der Waals surface area contributed by atoms with Gasteiger partial charge in [-0.25, -0.2) is 4.79 Å². The van der Waals surface area contributed by atoms with Gasteiger partial charge in [-0.3, -0.25) is 4.79 Å². The third kappa shape index (κ3) is 2.65. The molecule has 5 nitrogen and oxygen atoms in total. The van der Waals surface area contributed by atoms with Crippen molar-refractivity contribution >= 4 is 12.1 Å². The Kier molecular flexibility index (Phi) is 3.78. The quantitative estimate of drug-likeness (QED) is 0.851. The average Bonchev–Trinajstić information content (AvgIpc) is 2.85. The molecule has 0 saturated carbocycles. The first-order valence-electron chi connectivity index (χ1n) is 6.97. The fourth-order valence-electron chi connectivity index (χ4n) is 2.80. The molecule has 0 spiro atoms. The lowest BCUT2D eigenvalue weighted by atomic mass is 9.98. The zero-order valence-corrected chi connectivity index (χ0v) is 11.8. The molecule has 0 aliphatic heterocycles. The van der Waals surface area contributed by atoms with Crippen molar-refractivity contribution in [3.8, 4) is 11.1 Å². The number of hydrogen-bond acceptors (Lipinski definition) is 3. The van der Waals surface area contributed by atoms with Gasteiger partial charge >= 0.3 is 12.1 Å². The fourth-order valence-corrected chi connectivity index (χ4v) is 2.80. The van der Waals surface area contributed by atoms with E-state index < -0.39 is 18.6 Å². The third-order valence-electron chi connectivity index (χ3n) is 3.73. The average molecular weight is 298 g/mol. The lowest BCUT2D eigenvalue weighted by Crippen LogP contribution is -2.30. The second kappa shape index (κ2) is 5.89. The molecule has 22 heavy (non-hydrogen) atoms. The Hall–Kier alpha value is -2.82. The molecule has 2 aromatic carbocycles. The van der Waals surface area contributed by atoms with E-state index in [0.717, 1.165) is 22.3 Å². The van der Waals surface area contributed by atoms with Crippen LogP contribution < -0.4 is 5.32 Å². The second-order valence-electron chi connectivity index (χ2n) is 5.07. The van der Waals surface area contributed by atoms with Gasteiger partial charge in [0.25, 0.3) is 0 Å². The summed E-state index contributed by atoms with van der Waals surface area (Å²) < 4.78 is 5.18. The molecule has 0 radical (unpaired) electrons. The number of amides is 1. The van der Waals surface area contributed by atoms with Crippen LogP contribution in [0.1, 0.15) is 17.0 Å². The molecule has 3 rings (SSSR count). The zero-order valence-electron chi connectivity index (χ0n) is 11.8. The number of carboxylic acid groups (broad SMARTS) is 1. The number of carbonyl (C=O) groups is 2. The maximum absolute atomic E-state index is 11.5. The van der Waals surface area contributed by atoms with Crippen molar-refractivity contribution in [1.82, 2.24) is 5.32 Å². The number of fused-ring (bicyclic) bond motifs is 3. The van der Waals surface area contributed by atoms with Gasteiger partial charge in [0.2, 0.25) is 0 Å². The highest BCUT2D eigenvalue weighted by molar-refractivity contribution is 5.79. The summed E-state index contributed by atoms with van der Waals surface area (Å²) in [4.78, 5) is 22.0. The van der Waals surface area contributed by atoms with Crippen LogP contribution in [0.3, 0.4) is 0 Å². The second-order valence-corrected chi connectivity index (χ2v) is 5.07. The number of carboxylic acids is 1. The van der Waals surface area contributed by atoms with E-state index >= 15 is 0 Å². The molecule has 1 aliphatic rings. The van der Waals surface area contributed by atoms with Crippen LogP contribution >= 0.6 is 0 Å². The molecule has 0 bridgehead atoms. The number of alkyl carbamates (subject to hydrolysis) is 1. The first kappa shape index (κ1) is 14.1. The lowest BCUT2D eigenvalue weighted by molar-refractivity contribution is -0.135. The fraction of sp³-hybridized carbons (Fsp3) is 0.176. The first-order valence-corrected chi connectivity index (χ1v) is 6.97. The summed E-state index contributed by atoms with van der Waals surface area (Å²) in [5.74, 6) is -1.13. The van der Waals surface area contributed by atoms with Gasteiger partial charge in [0.15, 0.2) is 0 Å². The minimum Gasteiger partial charge on any atom is -0.480 e. The van der Waals surface area contributed by atoms with Crippen LogP contribution in [0.25, 0.3) is 11.1 Å². The van der Waals surface area contributed by atoms with Gasteiger partial charge in [0.05, 0.1) is 0 Å². The van der Waals surface area contributed by atoms with Gasteiger partial charge in [-0.05, 0) is 22.3 Å². The summed E-state index contributed by atoms with van der Waals surface area (Å²) in [6.45, 7) is -0.268. The van der Waals surface area contributed by atoms with E-state index in [-0.39, 0.29) is 12.5 Å². The maximum atomic E-state index is 11.5. The molecule has 0 fully saturated rings. The van der Waals surface area contributed by atoms with E-state index in [4.69, 9.17) is 9.84 Å². The van der Waals surface area contributed by atoms with Crippen LogP contribution in [0.5, 0.6) is 0 Å². The molecule has 1 aliphatic carbocycles. The van der Waals surface area contributed by atoms with Crippen molar-refractivity contribution in [2.45, 2.75) is 5.92 Å². The first-order chi connectivity index (χ1) is 10.7. The molecule has 2 N–H and O–H groups in total. The molecular formula is C17H15NO4. The van der Waals surface area contributed by atoms with E-state index in [0.29, 0.717) is 0 Å². The monoisotopic (exact) mass is 298 g/mol. The van der Waals surface area contributed by atoms with Crippen LogP contribution in [-0.4, -0.2) is 30.3 Å². The zero-order chi connectivity index (χ0) is 15.5. The summed E-state index contributed by atoms with van der Waals surface area (Å²) in [5, 5.41) is 10.7. The topological polar surface area (TPSA) is 75.6 Å². The number of hydrogen-bond donors (Lipinski definition) is 2. The Morgan fingerprint density at radius 3 is 2.09 bits per heavy atom. The van der Waals surface area contributed by atoms with Crippen molar-refractivity contribution in [2.75, 3.05) is 13.2 Å². The van der Waals surface area contributed by atoms with Gasteiger partial charge in [0.1, 0.15) is 13.2 Å². The number of rotatable bonds is 4. The smallest absolute Gasteiger partial charge is 0.407 e. The van der Waals surface area contributed by atoms with Crippen molar-refractivity contribution in [2.24, 2.45) is 0 Å². The highest BCUT2D eigenvalue weighted by Crippen LogP contribution is 2.44. The van der Waals surface area contributed by atoms with Crippen LogP contribution in [0.4, 0.5) is 4.79 Å². The van der Waals surface area contributed by atoms with Gasteiger partial charge in [-0.1, -0.05) is 48.5 Å². The van der Waals surface area contributed by atoms with E-state index in [1.807, 2.05) is 36.4 Å². The van der Waals surface area contributed by atoms with Crippen LogP contribution in [0.2, 0.25) is 0 Å². The lowest BCUT2D eigenvalue weighted by Gasteiger charge is -2.14. The Labute approximate surface area is 127 Å². The third-order valence-corrected chi connectivity index (χ3v) is 3.73. The Morgan fingerprint density at radius 1 is 1.00 bits per heavy atom. The van der Waals surface area contributed by atoms with Crippen molar-refractivity contribution in [1.29, 1.82) is 0 Å². The molecule has 0 aromatic heterocycles. The molecule has 1 amide bonds. The number of aliphatic carboxylic acids is 1. The molecule has 0 saturated heterocycles. The number of nitrogens with one attached hydrogen (secondary N) is 1. The van der Waals surface area contributed by atoms with Gasteiger partial charge in [-0.15, -0.1) is 0 Å². The van der Waals surface area contributed by atoms with Gasteiger partial charge in [0, 0.05) is 5.92 Å². The summed E-state index contributed by atoms with van der Waals surface area (Å²) in [6, 6.07) is 16.1. The Balaban J connectivity index is 1.77. The number of ether oxygens (including phenoxy) is 1. The summed E-state index contributed by atoms with van der Waals surface area (Å²) >= 11 is 0. The van der Waals surface area contributed by atoms with E-state index in [1.165, 1.54) is 0 Å². The van der Waals surface area contributed by atoms with Crippen molar-refractivity contribution < 1.29 is 19.4 Å². The minimum absolute atomic E-state index is 0.0250. The van der Waals surface area contributed by atoms with Crippen molar-refractivity contribution in [3.05, 3.63) is 59.7 Å². The van der Waals surface area contributed by atoms with Crippen LogP contribution in [0, 0.1) is 0 Å². The predicted molar refractivity (Wildman–Crippen MR) is 80.7 cm³/mol. The van der Waals surface area contributed by atoms with Gasteiger partial charge < -0.3 is 15.2 Å². The van der Waals surface area contributed by atoms with Gasteiger partial charge in [-0.2, -0.15) is 0 Å². The summed E-state index contributed by atoms with van der Waals surface area (Å²) in [6.07, 6.45) is -0.718. The molecule has 0 atom stereocenters. The molecule has 0 unspecified atom stereocenters. The highest BCUT2D eigenvalue weighted by Gasteiger charge is 2.28. The molecule has 112 valence electrons. The van der Waals surface area contributed by atoms with Crippen LogP contribution in [0.15, 0.2) is 48.5 Å². The molecular weight excluding hydrogens is 283 g/mol. The van der Waals surface area contributed by atoms with Crippen LogP contribution in [-0.2, 0) is 9.53 Å². The minimum atomic E-state index is -1.10. The summed E-state index contributed by atoms with van der Waals surface area (Å²) in [7, 11) is 0. The SMILES string of the molecule is O=C(O)C[15NH]C(=O)OCC1c2ccccc2-c2ccccc21. The predicted octanol–water partition coefficient (Wildman–Crippen LogP) is 2.61. The normalized spacial score (nSPS) is 12.4. The Morgan fingerprint density at radius 2 is 1.55 bits per heavy atom. The molecule has 0 heterocycles. The number of carbonyl (C=O) groups excluding carboxylic acids is 1. The maximum Gasteiger partial charge on any atom is 0.407 e.